The summed E-state index contributed by atoms with van der Waals surface area (Å²) >= 11 is 1.55. The fourth-order valence-electron chi connectivity index (χ4n) is 1.23. The van der Waals surface area contributed by atoms with Gasteiger partial charge in [0, 0.05) is 11.6 Å². The highest BCUT2D eigenvalue weighted by Gasteiger charge is 2.08. The molecule has 5 heteroatoms. The lowest BCUT2D eigenvalue weighted by molar-refractivity contribution is 0.807. The molecule has 2 aromatic heterocycles. The SMILES string of the molecule is CCc1c(N)cnn1-c1nccs1. The van der Waals surface area contributed by atoms with Crippen LogP contribution in [0.5, 0.6) is 0 Å². The Morgan fingerprint density at radius 2 is 2.46 bits per heavy atom. The molecule has 13 heavy (non-hydrogen) atoms. The average Bonchev–Trinajstić information content (AvgIpc) is 2.71. The molecule has 0 fully saturated rings. The van der Waals surface area contributed by atoms with Crippen LogP contribution in [0.1, 0.15) is 12.6 Å². The van der Waals surface area contributed by atoms with Crippen molar-refractivity contribution in [1.82, 2.24) is 14.8 Å². The quantitative estimate of drug-likeness (QED) is 0.787. The topological polar surface area (TPSA) is 56.7 Å². The van der Waals surface area contributed by atoms with Gasteiger partial charge in [0.15, 0.2) is 0 Å². The second kappa shape index (κ2) is 3.18. The van der Waals surface area contributed by atoms with Crippen LogP contribution in [0.25, 0.3) is 5.13 Å². The zero-order valence-corrected chi connectivity index (χ0v) is 8.08. The van der Waals surface area contributed by atoms with E-state index in [4.69, 9.17) is 5.73 Å². The van der Waals surface area contributed by atoms with Crippen molar-refractivity contribution in [3.63, 3.8) is 0 Å². The summed E-state index contributed by atoms with van der Waals surface area (Å²) < 4.78 is 1.79. The van der Waals surface area contributed by atoms with Gasteiger partial charge < -0.3 is 5.73 Å². The molecule has 0 unspecified atom stereocenters. The monoisotopic (exact) mass is 194 g/mol. The van der Waals surface area contributed by atoms with Crippen molar-refractivity contribution in [2.24, 2.45) is 0 Å². The van der Waals surface area contributed by atoms with Crippen LogP contribution in [0.3, 0.4) is 0 Å². The number of nitrogen functional groups attached to an aromatic ring is 1. The lowest BCUT2D eigenvalue weighted by Crippen LogP contribution is -2.01. The highest BCUT2D eigenvalue weighted by atomic mass is 32.1. The third-order valence-corrected chi connectivity index (χ3v) is 2.58. The van der Waals surface area contributed by atoms with Crippen molar-refractivity contribution in [2.75, 3.05) is 5.73 Å². The number of aromatic nitrogens is 3. The van der Waals surface area contributed by atoms with E-state index in [0.29, 0.717) is 0 Å². The first-order valence-corrected chi connectivity index (χ1v) is 4.93. The maximum atomic E-state index is 5.75. The minimum atomic E-state index is 0.734. The number of thiazole rings is 1. The molecule has 2 rings (SSSR count). The Hall–Kier alpha value is -1.36. The van der Waals surface area contributed by atoms with E-state index >= 15 is 0 Å². The Labute approximate surface area is 80.0 Å². The molecule has 0 saturated heterocycles. The van der Waals surface area contributed by atoms with Crippen LogP contribution in [0, 0.1) is 0 Å². The molecule has 2 heterocycles. The molecular formula is C8H10N4S. The molecule has 0 radical (unpaired) electrons. The molecule has 2 aromatic rings. The van der Waals surface area contributed by atoms with Gasteiger partial charge in [-0.15, -0.1) is 11.3 Å². The summed E-state index contributed by atoms with van der Waals surface area (Å²) in [5.74, 6) is 0. The minimum absolute atomic E-state index is 0.734. The van der Waals surface area contributed by atoms with Crippen LogP contribution in [0.4, 0.5) is 5.69 Å². The first-order valence-electron chi connectivity index (χ1n) is 4.05. The number of nitrogens with zero attached hydrogens (tertiary/aromatic N) is 3. The minimum Gasteiger partial charge on any atom is -0.396 e. The van der Waals surface area contributed by atoms with Gasteiger partial charge in [0.05, 0.1) is 17.6 Å². The zero-order chi connectivity index (χ0) is 9.26. The van der Waals surface area contributed by atoms with Gasteiger partial charge in [-0.1, -0.05) is 6.92 Å². The van der Waals surface area contributed by atoms with E-state index in [1.807, 2.05) is 5.38 Å². The molecule has 0 spiro atoms. The van der Waals surface area contributed by atoms with Gasteiger partial charge in [-0.2, -0.15) is 5.10 Å². The van der Waals surface area contributed by atoms with Crippen LogP contribution in [-0.2, 0) is 6.42 Å². The van der Waals surface area contributed by atoms with Crippen molar-refractivity contribution >= 4 is 17.0 Å². The van der Waals surface area contributed by atoms with E-state index in [9.17, 15) is 0 Å². The molecule has 0 saturated carbocycles. The van der Waals surface area contributed by atoms with Gasteiger partial charge in [0.1, 0.15) is 0 Å². The standard InChI is InChI=1S/C8H10N4S/c1-2-7-6(9)5-11-12(7)8-10-3-4-13-8/h3-5H,2,9H2,1H3. The summed E-state index contributed by atoms with van der Waals surface area (Å²) in [6.45, 7) is 2.05. The van der Waals surface area contributed by atoms with Gasteiger partial charge in [0.2, 0.25) is 5.13 Å². The Bertz CT molecular complexity index is 390. The highest BCUT2D eigenvalue weighted by Crippen LogP contribution is 2.18. The van der Waals surface area contributed by atoms with Gasteiger partial charge in [-0.05, 0) is 6.42 Å². The Morgan fingerprint density at radius 1 is 1.62 bits per heavy atom. The second-order valence-electron chi connectivity index (χ2n) is 2.63. The first-order chi connectivity index (χ1) is 6.33. The van der Waals surface area contributed by atoms with Crippen LogP contribution in [-0.4, -0.2) is 14.8 Å². The van der Waals surface area contributed by atoms with Gasteiger partial charge in [-0.3, -0.25) is 0 Å². The maximum Gasteiger partial charge on any atom is 0.210 e. The molecule has 0 aromatic carbocycles. The van der Waals surface area contributed by atoms with E-state index in [-0.39, 0.29) is 0 Å². The van der Waals surface area contributed by atoms with Gasteiger partial charge in [0.25, 0.3) is 0 Å². The Kier molecular flexibility index (Phi) is 2.02. The predicted molar refractivity (Wildman–Crippen MR) is 53.0 cm³/mol. The van der Waals surface area contributed by atoms with Crippen molar-refractivity contribution in [3.05, 3.63) is 23.5 Å². The summed E-state index contributed by atoms with van der Waals surface area (Å²) in [4.78, 5) is 4.17. The molecule has 4 nitrogen and oxygen atoms in total. The third kappa shape index (κ3) is 1.31. The maximum absolute atomic E-state index is 5.75. The molecule has 0 aliphatic heterocycles. The predicted octanol–water partition coefficient (Wildman–Crippen LogP) is 1.47. The molecule has 0 aliphatic carbocycles. The Morgan fingerprint density at radius 3 is 3.08 bits per heavy atom. The molecular weight excluding hydrogens is 184 g/mol. The number of rotatable bonds is 2. The van der Waals surface area contributed by atoms with Crippen LogP contribution < -0.4 is 5.73 Å². The lowest BCUT2D eigenvalue weighted by Gasteiger charge is -2.00. The fraction of sp³-hybridized carbons (Fsp3) is 0.250. The number of anilines is 1. The van der Waals surface area contributed by atoms with E-state index < -0.39 is 0 Å². The largest absolute Gasteiger partial charge is 0.396 e. The zero-order valence-electron chi connectivity index (χ0n) is 7.27. The first kappa shape index (κ1) is 8.25. The van der Waals surface area contributed by atoms with Gasteiger partial charge in [-0.25, -0.2) is 9.67 Å². The molecule has 0 amide bonds. The molecule has 0 bridgehead atoms. The average molecular weight is 194 g/mol. The van der Waals surface area contributed by atoms with Gasteiger partial charge >= 0.3 is 0 Å². The smallest absolute Gasteiger partial charge is 0.210 e. The third-order valence-electron chi connectivity index (χ3n) is 1.84. The summed E-state index contributed by atoms with van der Waals surface area (Å²) in [6, 6.07) is 0. The fourth-order valence-corrected chi connectivity index (χ4v) is 1.85. The van der Waals surface area contributed by atoms with Crippen molar-refractivity contribution in [1.29, 1.82) is 0 Å². The summed E-state index contributed by atoms with van der Waals surface area (Å²) in [6.07, 6.45) is 4.29. The number of nitrogens with two attached hydrogens (primary N) is 1. The molecule has 2 N–H and O–H groups in total. The van der Waals surface area contributed by atoms with Crippen molar-refractivity contribution < 1.29 is 0 Å². The van der Waals surface area contributed by atoms with Crippen LogP contribution >= 0.6 is 11.3 Å². The van der Waals surface area contributed by atoms with Crippen molar-refractivity contribution in [3.8, 4) is 5.13 Å². The lowest BCUT2D eigenvalue weighted by atomic mass is 10.3. The molecule has 0 aliphatic rings. The summed E-state index contributed by atoms with van der Waals surface area (Å²) in [7, 11) is 0. The van der Waals surface area contributed by atoms with E-state index in [1.54, 1.807) is 28.4 Å². The van der Waals surface area contributed by atoms with E-state index in [0.717, 1.165) is 22.9 Å². The molecule has 0 atom stereocenters. The van der Waals surface area contributed by atoms with Crippen LogP contribution in [0.15, 0.2) is 17.8 Å². The van der Waals surface area contributed by atoms with Crippen molar-refractivity contribution in [2.45, 2.75) is 13.3 Å². The Balaban J connectivity index is 2.52. The summed E-state index contributed by atoms with van der Waals surface area (Å²) in [5, 5.41) is 6.96. The van der Waals surface area contributed by atoms with E-state index in [2.05, 4.69) is 17.0 Å². The van der Waals surface area contributed by atoms with Crippen LogP contribution in [0.2, 0.25) is 0 Å². The summed E-state index contributed by atoms with van der Waals surface area (Å²) in [5.41, 5.74) is 7.51. The number of hydrogen-bond donors (Lipinski definition) is 1. The second-order valence-corrected chi connectivity index (χ2v) is 3.50. The highest BCUT2D eigenvalue weighted by molar-refractivity contribution is 7.12. The van der Waals surface area contributed by atoms with E-state index in [1.165, 1.54) is 0 Å². The molecule has 68 valence electrons. The number of hydrogen-bond acceptors (Lipinski definition) is 4. The normalized spacial score (nSPS) is 10.5.